The van der Waals surface area contributed by atoms with E-state index in [-0.39, 0.29) is 5.56 Å². The van der Waals surface area contributed by atoms with Gasteiger partial charge in [-0.05, 0) is 40.3 Å². The normalized spacial score (nSPS) is 11.2. The Balaban J connectivity index is 1.73. The number of nitrogens with one attached hydrogen (secondary N) is 2. The molecule has 0 aromatic carbocycles. The van der Waals surface area contributed by atoms with Gasteiger partial charge in [0.1, 0.15) is 0 Å². The summed E-state index contributed by atoms with van der Waals surface area (Å²) < 4.78 is 0. The minimum atomic E-state index is -0.457. The van der Waals surface area contributed by atoms with Crippen LogP contribution in [0.4, 0.5) is 0 Å². The van der Waals surface area contributed by atoms with Gasteiger partial charge in [0.25, 0.3) is 5.56 Å². The van der Waals surface area contributed by atoms with Gasteiger partial charge in [0, 0.05) is 36.3 Å². The molecule has 0 aliphatic carbocycles. The van der Waals surface area contributed by atoms with Crippen molar-refractivity contribution in [3.05, 3.63) is 77.4 Å². The van der Waals surface area contributed by atoms with Gasteiger partial charge in [-0.25, -0.2) is 4.79 Å². The lowest BCUT2D eigenvalue weighted by molar-refractivity contribution is 0.257. The van der Waals surface area contributed by atoms with E-state index in [1.165, 1.54) is 16.5 Å². The van der Waals surface area contributed by atoms with Crippen LogP contribution in [-0.4, -0.2) is 21.4 Å². The molecule has 0 saturated heterocycles. The molecule has 0 fully saturated rings. The van der Waals surface area contributed by atoms with Crippen molar-refractivity contribution in [2.45, 2.75) is 19.5 Å². The first-order valence-corrected chi connectivity index (χ1v) is 9.09. The minimum absolute atomic E-state index is 0.363. The summed E-state index contributed by atoms with van der Waals surface area (Å²) in [4.78, 5) is 31.4. The van der Waals surface area contributed by atoms with Crippen molar-refractivity contribution in [1.82, 2.24) is 14.9 Å². The third-order valence-electron chi connectivity index (χ3n) is 3.45. The van der Waals surface area contributed by atoms with Gasteiger partial charge in [-0.2, -0.15) is 11.3 Å². The second kappa shape index (κ2) is 7.54. The van der Waals surface area contributed by atoms with Gasteiger partial charge >= 0.3 is 5.69 Å². The Bertz CT molecular complexity index is 807. The van der Waals surface area contributed by atoms with E-state index in [2.05, 4.69) is 49.2 Å². The van der Waals surface area contributed by atoms with E-state index in [1.807, 2.05) is 0 Å². The SMILES string of the molecule is O=c1cc(CN(CCc2cccs2)Cc2ccsc2)[nH]c(=O)[nH]1. The molecule has 3 rings (SSSR count). The zero-order valence-electron chi connectivity index (χ0n) is 12.5. The maximum atomic E-state index is 11.5. The van der Waals surface area contributed by atoms with Crippen LogP contribution in [0.1, 0.15) is 16.1 Å². The van der Waals surface area contributed by atoms with Crippen LogP contribution in [-0.2, 0) is 19.5 Å². The van der Waals surface area contributed by atoms with E-state index in [0.717, 1.165) is 19.5 Å². The summed E-state index contributed by atoms with van der Waals surface area (Å²) in [5.41, 5.74) is 1.06. The lowest BCUT2D eigenvalue weighted by Gasteiger charge is -2.21. The fourth-order valence-corrected chi connectivity index (χ4v) is 3.78. The Hall–Kier alpha value is -1.96. The second-order valence-corrected chi connectivity index (χ2v) is 7.10. The van der Waals surface area contributed by atoms with Gasteiger partial charge in [-0.15, -0.1) is 11.3 Å². The number of nitrogens with zero attached hydrogens (tertiary/aromatic N) is 1. The summed E-state index contributed by atoms with van der Waals surface area (Å²) >= 11 is 3.42. The summed E-state index contributed by atoms with van der Waals surface area (Å²) in [6.07, 6.45) is 0.954. The number of rotatable bonds is 7. The van der Waals surface area contributed by atoms with Gasteiger partial charge in [-0.1, -0.05) is 6.07 Å². The Morgan fingerprint density at radius 2 is 2.00 bits per heavy atom. The van der Waals surface area contributed by atoms with Gasteiger partial charge in [0.05, 0.1) is 0 Å². The number of hydrogen-bond donors (Lipinski definition) is 2. The van der Waals surface area contributed by atoms with Crippen LogP contribution in [0.15, 0.2) is 50.0 Å². The molecule has 0 aliphatic rings. The Kier molecular flexibility index (Phi) is 5.22. The quantitative estimate of drug-likeness (QED) is 0.690. The Morgan fingerprint density at radius 3 is 2.70 bits per heavy atom. The predicted molar refractivity (Wildman–Crippen MR) is 94.1 cm³/mol. The van der Waals surface area contributed by atoms with Crippen molar-refractivity contribution in [2.75, 3.05) is 6.54 Å². The third-order valence-corrected chi connectivity index (χ3v) is 5.12. The molecule has 0 atom stereocenters. The maximum absolute atomic E-state index is 11.5. The molecular weight excluding hydrogens is 330 g/mol. The smallest absolute Gasteiger partial charge is 0.310 e. The van der Waals surface area contributed by atoms with Crippen molar-refractivity contribution < 1.29 is 0 Å². The molecule has 0 saturated carbocycles. The molecular formula is C16H17N3O2S2. The molecule has 3 heterocycles. The lowest BCUT2D eigenvalue weighted by Crippen LogP contribution is -2.29. The van der Waals surface area contributed by atoms with Gasteiger partial charge in [0.2, 0.25) is 0 Å². The summed E-state index contributed by atoms with van der Waals surface area (Å²) in [7, 11) is 0. The summed E-state index contributed by atoms with van der Waals surface area (Å²) in [5.74, 6) is 0. The summed E-state index contributed by atoms with van der Waals surface area (Å²) in [6, 6.07) is 7.73. The molecule has 23 heavy (non-hydrogen) atoms. The van der Waals surface area contributed by atoms with Crippen LogP contribution in [0, 0.1) is 0 Å². The Labute approximate surface area is 141 Å². The van der Waals surface area contributed by atoms with Gasteiger partial charge < -0.3 is 4.98 Å². The van der Waals surface area contributed by atoms with Gasteiger partial charge in [0.15, 0.2) is 0 Å². The maximum Gasteiger partial charge on any atom is 0.325 e. The zero-order chi connectivity index (χ0) is 16.1. The standard InChI is InChI=1S/C16H17N3O2S2/c20-15-8-13(17-16(21)18-15)10-19(9-12-4-7-22-11-12)5-3-14-2-1-6-23-14/h1-2,4,6-8,11H,3,5,9-10H2,(H2,17,18,20,21). The highest BCUT2D eigenvalue weighted by Gasteiger charge is 2.10. The average Bonchev–Trinajstić information content (AvgIpc) is 3.17. The number of H-pyrrole nitrogens is 2. The van der Waals surface area contributed by atoms with Crippen molar-refractivity contribution in [3.8, 4) is 0 Å². The van der Waals surface area contributed by atoms with Crippen LogP contribution >= 0.6 is 22.7 Å². The molecule has 5 nitrogen and oxygen atoms in total. The largest absolute Gasteiger partial charge is 0.325 e. The number of hydrogen-bond acceptors (Lipinski definition) is 5. The first-order valence-electron chi connectivity index (χ1n) is 7.27. The monoisotopic (exact) mass is 347 g/mol. The highest BCUT2D eigenvalue weighted by molar-refractivity contribution is 7.09. The van der Waals surface area contributed by atoms with Crippen molar-refractivity contribution in [3.63, 3.8) is 0 Å². The van der Waals surface area contributed by atoms with Crippen LogP contribution in [0.3, 0.4) is 0 Å². The minimum Gasteiger partial charge on any atom is -0.310 e. The molecule has 0 unspecified atom stereocenters. The van der Waals surface area contributed by atoms with Crippen LogP contribution in [0.5, 0.6) is 0 Å². The molecule has 0 amide bonds. The average molecular weight is 347 g/mol. The molecule has 3 aromatic rings. The first-order chi connectivity index (χ1) is 11.2. The highest BCUT2D eigenvalue weighted by Crippen LogP contribution is 2.14. The molecule has 0 spiro atoms. The fourth-order valence-electron chi connectivity index (χ4n) is 2.42. The zero-order valence-corrected chi connectivity index (χ0v) is 14.1. The summed E-state index contributed by atoms with van der Waals surface area (Å²) in [5, 5.41) is 6.26. The first kappa shape index (κ1) is 15.9. The molecule has 120 valence electrons. The van der Waals surface area contributed by atoms with Crippen LogP contribution in [0.2, 0.25) is 0 Å². The van der Waals surface area contributed by atoms with Crippen LogP contribution < -0.4 is 11.2 Å². The fraction of sp³-hybridized carbons (Fsp3) is 0.250. The summed E-state index contributed by atoms with van der Waals surface area (Å²) in [6.45, 7) is 2.20. The van der Waals surface area contributed by atoms with Gasteiger partial charge in [-0.3, -0.25) is 14.7 Å². The third kappa shape index (κ3) is 4.75. The van der Waals surface area contributed by atoms with E-state index in [1.54, 1.807) is 22.7 Å². The van der Waals surface area contributed by atoms with E-state index >= 15 is 0 Å². The predicted octanol–water partition coefficient (Wildman–Crippen LogP) is 2.43. The van der Waals surface area contributed by atoms with Crippen molar-refractivity contribution in [2.24, 2.45) is 0 Å². The van der Waals surface area contributed by atoms with E-state index in [9.17, 15) is 9.59 Å². The van der Waals surface area contributed by atoms with E-state index in [4.69, 9.17) is 0 Å². The molecule has 7 heteroatoms. The molecule has 0 radical (unpaired) electrons. The second-order valence-electron chi connectivity index (χ2n) is 5.28. The van der Waals surface area contributed by atoms with Crippen molar-refractivity contribution in [1.29, 1.82) is 0 Å². The van der Waals surface area contributed by atoms with E-state index < -0.39 is 5.69 Å². The molecule has 0 aliphatic heterocycles. The Morgan fingerprint density at radius 1 is 1.09 bits per heavy atom. The number of aromatic amines is 2. The molecule has 0 bridgehead atoms. The lowest BCUT2D eigenvalue weighted by atomic mass is 10.2. The topological polar surface area (TPSA) is 69.0 Å². The molecule has 3 aromatic heterocycles. The number of aromatic nitrogens is 2. The number of thiophene rings is 2. The molecule has 2 N–H and O–H groups in total. The van der Waals surface area contributed by atoms with E-state index in [0.29, 0.717) is 12.2 Å². The highest BCUT2D eigenvalue weighted by atomic mass is 32.1. The van der Waals surface area contributed by atoms with Crippen LogP contribution in [0.25, 0.3) is 0 Å². The van der Waals surface area contributed by atoms with Crippen molar-refractivity contribution >= 4 is 22.7 Å².